The Labute approximate surface area is 109 Å². The second-order valence-corrected chi connectivity index (χ2v) is 5.71. The normalized spacial score (nSPS) is 12.4. The van der Waals surface area contributed by atoms with Crippen LogP contribution in [0.3, 0.4) is 0 Å². The Balaban J connectivity index is 2.14. The molecule has 0 fully saturated rings. The summed E-state index contributed by atoms with van der Waals surface area (Å²) in [4.78, 5) is 1.40. The monoisotopic (exact) mass is 295 g/mol. The zero-order valence-corrected chi connectivity index (χ0v) is 11.7. The fraction of sp³-hybridized carbons (Fsp3) is 0.231. The van der Waals surface area contributed by atoms with Crippen LogP contribution in [0, 0.1) is 6.92 Å². The van der Waals surface area contributed by atoms with Gasteiger partial charge in [-0.3, -0.25) is 0 Å². The molecule has 0 aliphatic heterocycles. The predicted molar refractivity (Wildman–Crippen MR) is 75.2 cm³/mol. The summed E-state index contributed by atoms with van der Waals surface area (Å²) in [7, 11) is 0. The molecule has 0 spiro atoms. The number of aryl methyl sites for hydroxylation is 1. The van der Waals surface area contributed by atoms with Gasteiger partial charge in [-0.05, 0) is 49.1 Å². The maximum Gasteiger partial charge on any atom is 0.0581 e. The van der Waals surface area contributed by atoms with Crippen LogP contribution >= 0.6 is 27.3 Å². The van der Waals surface area contributed by atoms with Crippen LogP contribution in [0.2, 0.25) is 0 Å². The van der Waals surface area contributed by atoms with Gasteiger partial charge < -0.3 is 5.32 Å². The van der Waals surface area contributed by atoms with Crippen molar-refractivity contribution in [2.45, 2.75) is 19.9 Å². The van der Waals surface area contributed by atoms with E-state index in [1.165, 1.54) is 10.4 Å². The van der Waals surface area contributed by atoms with Crippen LogP contribution in [0.25, 0.3) is 0 Å². The van der Waals surface area contributed by atoms with Crippen molar-refractivity contribution in [2.24, 2.45) is 0 Å². The van der Waals surface area contributed by atoms with E-state index in [4.69, 9.17) is 0 Å². The van der Waals surface area contributed by atoms with Crippen molar-refractivity contribution >= 4 is 33.0 Å². The van der Waals surface area contributed by atoms with Crippen LogP contribution in [-0.2, 0) is 0 Å². The molecule has 1 unspecified atom stereocenters. The molecule has 1 atom stereocenters. The largest absolute Gasteiger partial charge is 0.378 e. The van der Waals surface area contributed by atoms with Gasteiger partial charge in [0.05, 0.1) is 6.04 Å². The summed E-state index contributed by atoms with van der Waals surface area (Å²) < 4.78 is 1.10. The van der Waals surface area contributed by atoms with Crippen molar-refractivity contribution in [1.29, 1.82) is 0 Å². The quantitative estimate of drug-likeness (QED) is 0.841. The second-order valence-electron chi connectivity index (χ2n) is 3.84. The fourth-order valence-electron chi connectivity index (χ4n) is 1.72. The Morgan fingerprint density at radius 2 is 2.12 bits per heavy atom. The minimum atomic E-state index is 0.356. The van der Waals surface area contributed by atoms with Crippen molar-refractivity contribution in [3.8, 4) is 0 Å². The van der Waals surface area contributed by atoms with Crippen LogP contribution in [-0.4, -0.2) is 0 Å². The van der Waals surface area contributed by atoms with Crippen LogP contribution in [0.5, 0.6) is 0 Å². The first-order chi connectivity index (χ1) is 7.66. The third kappa shape index (κ3) is 2.66. The number of benzene rings is 1. The zero-order valence-electron chi connectivity index (χ0n) is 9.33. The number of halogens is 1. The van der Waals surface area contributed by atoms with E-state index in [-0.39, 0.29) is 0 Å². The van der Waals surface area contributed by atoms with Crippen LogP contribution in [0.1, 0.15) is 23.4 Å². The summed E-state index contributed by atoms with van der Waals surface area (Å²) >= 11 is 5.28. The van der Waals surface area contributed by atoms with E-state index < -0.39 is 0 Å². The van der Waals surface area contributed by atoms with Gasteiger partial charge in [-0.15, -0.1) is 11.3 Å². The van der Waals surface area contributed by atoms with Gasteiger partial charge in [-0.25, -0.2) is 0 Å². The topological polar surface area (TPSA) is 12.0 Å². The molecule has 0 radical (unpaired) electrons. The van der Waals surface area contributed by atoms with Gasteiger partial charge >= 0.3 is 0 Å². The lowest BCUT2D eigenvalue weighted by Gasteiger charge is -2.15. The number of hydrogen-bond acceptors (Lipinski definition) is 2. The van der Waals surface area contributed by atoms with Gasteiger partial charge in [0.25, 0.3) is 0 Å². The summed E-state index contributed by atoms with van der Waals surface area (Å²) in [5.74, 6) is 0. The molecule has 0 aliphatic rings. The van der Waals surface area contributed by atoms with E-state index in [0.29, 0.717) is 6.04 Å². The molecule has 0 saturated heterocycles. The molecule has 1 aromatic carbocycles. The molecule has 0 bridgehead atoms. The molecule has 1 aromatic heterocycles. The zero-order chi connectivity index (χ0) is 11.5. The van der Waals surface area contributed by atoms with Gasteiger partial charge in [0, 0.05) is 15.0 Å². The Morgan fingerprint density at radius 3 is 2.75 bits per heavy atom. The molecule has 1 N–H and O–H groups in total. The first-order valence-corrected chi connectivity index (χ1v) is 6.90. The SMILES string of the molecule is Cc1ccsc1C(C)Nc1cccc(Br)c1. The summed E-state index contributed by atoms with van der Waals surface area (Å²) in [5.41, 5.74) is 2.51. The molecular formula is C13H14BrNS. The van der Waals surface area contributed by atoms with Gasteiger partial charge in [-0.1, -0.05) is 22.0 Å². The van der Waals surface area contributed by atoms with Crippen molar-refractivity contribution < 1.29 is 0 Å². The van der Waals surface area contributed by atoms with E-state index in [9.17, 15) is 0 Å². The molecular weight excluding hydrogens is 282 g/mol. The van der Waals surface area contributed by atoms with Crippen LogP contribution < -0.4 is 5.32 Å². The third-order valence-corrected chi connectivity index (χ3v) is 4.20. The lowest BCUT2D eigenvalue weighted by atomic mass is 10.2. The maximum absolute atomic E-state index is 3.51. The number of hydrogen-bond donors (Lipinski definition) is 1. The highest BCUT2D eigenvalue weighted by atomic mass is 79.9. The molecule has 2 aromatic rings. The molecule has 3 heteroatoms. The maximum atomic E-state index is 3.51. The van der Waals surface area contributed by atoms with E-state index in [1.807, 2.05) is 12.1 Å². The Morgan fingerprint density at radius 1 is 1.31 bits per heavy atom. The van der Waals surface area contributed by atoms with Crippen molar-refractivity contribution in [3.63, 3.8) is 0 Å². The lowest BCUT2D eigenvalue weighted by molar-refractivity contribution is 0.899. The predicted octanol–water partition coefficient (Wildman–Crippen LogP) is 4.99. The second kappa shape index (κ2) is 5.02. The van der Waals surface area contributed by atoms with Gasteiger partial charge in [0.15, 0.2) is 0 Å². The third-order valence-electron chi connectivity index (χ3n) is 2.50. The Hall–Kier alpha value is -0.800. The first-order valence-electron chi connectivity index (χ1n) is 5.23. The van der Waals surface area contributed by atoms with Gasteiger partial charge in [0.2, 0.25) is 0 Å². The molecule has 0 amide bonds. The molecule has 0 saturated carbocycles. The van der Waals surface area contributed by atoms with Gasteiger partial charge in [0.1, 0.15) is 0 Å². The summed E-state index contributed by atoms with van der Waals surface area (Å²) in [6.45, 7) is 4.35. The minimum absolute atomic E-state index is 0.356. The Bertz CT molecular complexity index is 478. The molecule has 1 nitrogen and oxygen atoms in total. The molecule has 0 aliphatic carbocycles. The highest BCUT2D eigenvalue weighted by Crippen LogP contribution is 2.27. The number of rotatable bonds is 3. The summed E-state index contributed by atoms with van der Waals surface area (Å²) in [6.07, 6.45) is 0. The molecule has 1 heterocycles. The van der Waals surface area contributed by atoms with Crippen LogP contribution in [0.15, 0.2) is 40.2 Å². The van der Waals surface area contributed by atoms with E-state index in [2.05, 4.69) is 58.7 Å². The molecule has 16 heavy (non-hydrogen) atoms. The lowest BCUT2D eigenvalue weighted by Crippen LogP contribution is -2.05. The number of anilines is 1. The van der Waals surface area contributed by atoms with Crippen molar-refractivity contribution in [2.75, 3.05) is 5.32 Å². The standard InChI is InChI=1S/C13H14BrNS/c1-9-6-7-16-13(9)10(2)15-12-5-3-4-11(14)8-12/h3-8,10,15H,1-2H3. The van der Waals surface area contributed by atoms with E-state index in [1.54, 1.807) is 11.3 Å². The highest BCUT2D eigenvalue weighted by Gasteiger charge is 2.09. The summed E-state index contributed by atoms with van der Waals surface area (Å²) in [5, 5.41) is 5.65. The number of nitrogens with one attached hydrogen (secondary N) is 1. The smallest absolute Gasteiger partial charge is 0.0581 e. The van der Waals surface area contributed by atoms with Crippen molar-refractivity contribution in [1.82, 2.24) is 0 Å². The number of thiophene rings is 1. The van der Waals surface area contributed by atoms with E-state index in [0.717, 1.165) is 10.2 Å². The van der Waals surface area contributed by atoms with Crippen LogP contribution in [0.4, 0.5) is 5.69 Å². The first kappa shape index (κ1) is 11.7. The average Bonchev–Trinajstić information content (AvgIpc) is 2.64. The van der Waals surface area contributed by atoms with Gasteiger partial charge in [-0.2, -0.15) is 0 Å². The van der Waals surface area contributed by atoms with E-state index >= 15 is 0 Å². The highest BCUT2D eigenvalue weighted by molar-refractivity contribution is 9.10. The molecule has 2 rings (SSSR count). The molecule has 84 valence electrons. The minimum Gasteiger partial charge on any atom is -0.378 e. The van der Waals surface area contributed by atoms with Crippen molar-refractivity contribution in [3.05, 3.63) is 50.6 Å². The Kier molecular flexibility index (Phi) is 3.66. The fourth-order valence-corrected chi connectivity index (χ4v) is 3.06. The average molecular weight is 296 g/mol. The summed E-state index contributed by atoms with van der Waals surface area (Å²) in [6, 6.07) is 10.8.